The zero-order valence-electron chi connectivity index (χ0n) is 11.8. The SMILES string of the molecule is COc1ccccc1SCCOc1ccc(C(=N)N)cc1. The fourth-order valence-corrected chi connectivity index (χ4v) is 2.63. The van der Waals surface area contributed by atoms with Crippen molar-refractivity contribution in [2.75, 3.05) is 19.5 Å². The number of ether oxygens (including phenoxy) is 2. The number of benzene rings is 2. The lowest BCUT2D eigenvalue weighted by molar-refractivity contribution is 0.344. The number of amidine groups is 1. The third-order valence-electron chi connectivity index (χ3n) is 2.84. The standard InChI is InChI=1S/C16H18N2O2S/c1-19-14-4-2-3-5-15(14)21-11-10-20-13-8-6-12(7-9-13)16(17)18/h2-9H,10-11H2,1H3,(H3,17,18). The number of hydrogen-bond donors (Lipinski definition) is 2. The van der Waals surface area contributed by atoms with Gasteiger partial charge in [0.05, 0.1) is 13.7 Å². The summed E-state index contributed by atoms with van der Waals surface area (Å²) in [6.07, 6.45) is 0. The fraction of sp³-hybridized carbons (Fsp3) is 0.188. The summed E-state index contributed by atoms with van der Waals surface area (Å²) >= 11 is 1.69. The van der Waals surface area contributed by atoms with Gasteiger partial charge in [0.2, 0.25) is 0 Å². The number of nitrogens with two attached hydrogens (primary N) is 1. The van der Waals surface area contributed by atoms with Crippen LogP contribution in [0, 0.1) is 5.41 Å². The predicted molar refractivity (Wildman–Crippen MR) is 86.7 cm³/mol. The second-order valence-electron chi connectivity index (χ2n) is 4.29. The average molecular weight is 302 g/mol. The molecular formula is C16H18N2O2S. The summed E-state index contributed by atoms with van der Waals surface area (Å²) in [5.74, 6) is 2.55. The fourth-order valence-electron chi connectivity index (χ4n) is 1.78. The molecule has 2 aromatic rings. The Hall–Kier alpha value is -2.14. The molecule has 0 fully saturated rings. The van der Waals surface area contributed by atoms with Crippen molar-refractivity contribution in [1.82, 2.24) is 0 Å². The summed E-state index contributed by atoms with van der Waals surface area (Å²) in [4.78, 5) is 1.11. The van der Waals surface area contributed by atoms with Crippen molar-refractivity contribution in [1.29, 1.82) is 5.41 Å². The molecular weight excluding hydrogens is 284 g/mol. The van der Waals surface area contributed by atoms with Gasteiger partial charge in [-0.2, -0.15) is 0 Å². The van der Waals surface area contributed by atoms with Crippen LogP contribution in [0.2, 0.25) is 0 Å². The van der Waals surface area contributed by atoms with E-state index in [0.29, 0.717) is 12.2 Å². The smallest absolute Gasteiger partial charge is 0.132 e. The maximum atomic E-state index is 7.33. The Labute approximate surface area is 128 Å². The molecule has 0 aromatic heterocycles. The maximum absolute atomic E-state index is 7.33. The molecule has 3 N–H and O–H groups in total. The van der Waals surface area contributed by atoms with Gasteiger partial charge in [0.25, 0.3) is 0 Å². The van der Waals surface area contributed by atoms with Crippen molar-refractivity contribution >= 4 is 17.6 Å². The van der Waals surface area contributed by atoms with E-state index in [4.69, 9.17) is 20.6 Å². The number of thioether (sulfide) groups is 1. The lowest BCUT2D eigenvalue weighted by atomic mass is 10.2. The van der Waals surface area contributed by atoms with Crippen LogP contribution in [0.3, 0.4) is 0 Å². The molecule has 0 amide bonds. The van der Waals surface area contributed by atoms with Crippen LogP contribution < -0.4 is 15.2 Å². The third-order valence-corrected chi connectivity index (χ3v) is 3.86. The van der Waals surface area contributed by atoms with Crippen molar-refractivity contribution in [3.63, 3.8) is 0 Å². The molecule has 0 saturated heterocycles. The molecule has 0 unspecified atom stereocenters. The number of methoxy groups -OCH3 is 1. The minimum atomic E-state index is 0.0632. The number of para-hydroxylation sites is 1. The van der Waals surface area contributed by atoms with Crippen molar-refractivity contribution < 1.29 is 9.47 Å². The first-order valence-corrected chi connectivity index (χ1v) is 7.52. The molecule has 0 saturated carbocycles. The van der Waals surface area contributed by atoms with Crippen molar-refractivity contribution in [2.45, 2.75) is 4.90 Å². The van der Waals surface area contributed by atoms with Gasteiger partial charge in [-0.05, 0) is 36.4 Å². The van der Waals surface area contributed by atoms with E-state index in [1.165, 1.54) is 0 Å². The van der Waals surface area contributed by atoms with E-state index in [2.05, 4.69) is 0 Å². The zero-order valence-corrected chi connectivity index (χ0v) is 12.7. The van der Waals surface area contributed by atoms with Crippen molar-refractivity contribution in [3.05, 3.63) is 54.1 Å². The molecule has 5 heteroatoms. The summed E-state index contributed by atoms with van der Waals surface area (Å²) < 4.78 is 11.0. The van der Waals surface area contributed by atoms with Gasteiger partial charge in [0.15, 0.2) is 0 Å². The van der Waals surface area contributed by atoms with Crippen molar-refractivity contribution in [3.8, 4) is 11.5 Å². The summed E-state index contributed by atoms with van der Waals surface area (Å²) in [7, 11) is 1.67. The Morgan fingerprint density at radius 1 is 1.14 bits per heavy atom. The number of nitrogens with one attached hydrogen (secondary N) is 1. The molecule has 0 heterocycles. The summed E-state index contributed by atoms with van der Waals surface area (Å²) in [5.41, 5.74) is 6.10. The molecule has 2 rings (SSSR count). The van der Waals surface area contributed by atoms with Crippen LogP contribution >= 0.6 is 11.8 Å². The van der Waals surface area contributed by atoms with Gasteiger partial charge >= 0.3 is 0 Å². The first-order chi connectivity index (χ1) is 10.2. The van der Waals surface area contributed by atoms with Gasteiger partial charge in [-0.3, -0.25) is 5.41 Å². The third kappa shape index (κ3) is 4.43. The molecule has 0 aliphatic carbocycles. The Morgan fingerprint density at radius 3 is 2.52 bits per heavy atom. The van der Waals surface area contributed by atoms with Gasteiger partial charge in [-0.25, -0.2) is 0 Å². The van der Waals surface area contributed by atoms with Gasteiger partial charge in [0.1, 0.15) is 17.3 Å². The van der Waals surface area contributed by atoms with E-state index in [0.717, 1.165) is 22.1 Å². The highest BCUT2D eigenvalue weighted by atomic mass is 32.2. The van der Waals surface area contributed by atoms with Crippen LogP contribution in [-0.4, -0.2) is 25.3 Å². The van der Waals surface area contributed by atoms with Gasteiger partial charge in [-0.15, -0.1) is 11.8 Å². The molecule has 110 valence electrons. The first-order valence-electron chi connectivity index (χ1n) is 6.54. The number of hydrogen-bond acceptors (Lipinski definition) is 4. The lowest BCUT2D eigenvalue weighted by Crippen LogP contribution is -2.10. The zero-order chi connectivity index (χ0) is 15.1. The van der Waals surface area contributed by atoms with E-state index in [1.54, 1.807) is 31.0 Å². The second-order valence-corrected chi connectivity index (χ2v) is 5.42. The maximum Gasteiger partial charge on any atom is 0.132 e. The summed E-state index contributed by atoms with van der Waals surface area (Å²) in [6, 6.07) is 15.1. The van der Waals surface area contributed by atoms with Crippen LogP contribution in [0.15, 0.2) is 53.4 Å². The molecule has 21 heavy (non-hydrogen) atoms. The first kappa shape index (κ1) is 15.3. The largest absolute Gasteiger partial charge is 0.496 e. The molecule has 2 aromatic carbocycles. The Morgan fingerprint density at radius 2 is 1.86 bits per heavy atom. The monoisotopic (exact) mass is 302 g/mol. The normalized spacial score (nSPS) is 10.1. The molecule has 0 aliphatic heterocycles. The van der Waals surface area contributed by atoms with Crippen LogP contribution in [0.5, 0.6) is 11.5 Å². The van der Waals surface area contributed by atoms with Crippen molar-refractivity contribution in [2.24, 2.45) is 5.73 Å². The number of rotatable bonds is 7. The molecule has 0 atom stereocenters. The molecule has 0 aliphatic rings. The van der Waals surface area contributed by atoms with Crippen LogP contribution in [0.1, 0.15) is 5.56 Å². The van der Waals surface area contributed by atoms with E-state index in [1.807, 2.05) is 36.4 Å². The van der Waals surface area contributed by atoms with E-state index in [9.17, 15) is 0 Å². The molecule has 0 spiro atoms. The highest BCUT2D eigenvalue weighted by Crippen LogP contribution is 2.28. The van der Waals surface area contributed by atoms with Crippen LogP contribution in [0.4, 0.5) is 0 Å². The van der Waals surface area contributed by atoms with Gasteiger partial charge in [0, 0.05) is 16.2 Å². The molecule has 0 radical (unpaired) electrons. The Bertz CT molecular complexity index is 599. The topological polar surface area (TPSA) is 68.3 Å². The predicted octanol–water partition coefficient (Wildman–Crippen LogP) is 3.15. The minimum Gasteiger partial charge on any atom is -0.496 e. The Kier molecular flexibility index (Phi) is 5.51. The summed E-state index contributed by atoms with van der Waals surface area (Å²) in [5, 5.41) is 7.33. The second kappa shape index (κ2) is 7.59. The quantitative estimate of drug-likeness (QED) is 0.357. The van der Waals surface area contributed by atoms with Crippen LogP contribution in [-0.2, 0) is 0 Å². The lowest BCUT2D eigenvalue weighted by Gasteiger charge is -2.09. The number of nitrogen functional groups attached to an aromatic ring is 1. The van der Waals surface area contributed by atoms with E-state index >= 15 is 0 Å². The van der Waals surface area contributed by atoms with E-state index in [-0.39, 0.29) is 5.84 Å². The minimum absolute atomic E-state index is 0.0632. The molecule has 0 bridgehead atoms. The van der Waals surface area contributed by atoms with E-state index < -0.39 is 0 Å². The van der Waals surface area contributed by atoms with Crippen LogP contribution in [0.25, 0.3) is 0 Å². The highest BCUT2D eigenvalue weighted by molar-refractivity contribution is 7.99. The Balaban J connectivity index is 1.80. The van der Waals surface area contributed by atoms with Gasteiger partial charge < -0.3 is 15.2 Å². The highest BCUT2D eigenvalue weighted by Gasteiger charge is 2.02. The average Bonchev–Trinajstić information content (AvgIpc) is 2.52. The molecule has 4 nitrogen and oxygen atoms in total. The summed E-state index contributed by atoms with van der Waals surface area (Å²) in [6.45, 7) is 0.599. The van der Waals surface area contributed by atoms with Gasteiger partial charge in [-0.1, -0.05) is 12.1 Å².